The molecule has 2 heterocycles. The van der Waals surface area contributed by atoms with Crippen LogP contribution in [0.2, 0.25) is 0 Å². The number of hydrogen-bond acceptors (Lipinski definition) is 2. The number of benzene rings is 1. The van der Waals surface area contributed by atoms with Crippen molar-refractivity contribution in [2.45, 2.75) is 46.0 Å². The van der Waals surface area contributed by atoms with Crippen molar-refractivity contribution < 1.29 is 0 Å². The molecule has 0 spiro atoms. The molecule has 0 aliphatic carbocycles. The molecule has 1 aromatic carbocycles. The van der Waals surface area contributed by atoms with E-state index in [4.69, 9.17) is 0 Å². The molecule has 2 aliphatic rings. The van der Waals surface area contributed by atoms with Crippen molar-refractivity contribution in [2.75, 3.05) is 29.9 Å². The summed E-state index contributed by atoms with van der Waals surface area (Å²) in [5.41, 5.74) is 4.78. The summed E-state index contributed by atoms with van der Waals surface area (Å²) in [6.45, 7) is 8.35. The Kier molecular flexibility index (Phi) is 3.42. The van der Waals surface area contributed by atoms with Gasteiger partial charge >= 0.3 is 0 Å². The van der Waals surface area contributed by atoms with Crippen LogP contribution in [0.3, 0.4) is 0 Å². The summed E-state index contributed by atoms with van der Waals surface area (Å²) >= 11 is 0. The molecule has 0 unspecified atom stereocenters. The van der Waals surface area contributed by atoms with E-state index in [1.807, 2.05) is 0 Å². The number of anilines is 2. The normalized spacial score (nSPS) is 22.3. The maximum atomic E-state index is 3.55. The predicted molar refractivity (Wildman–Crippen MR) is 83.1 cm³/mol. The lowest BCUT2D eigenvalue weighted by molar-refractivity contribution is 0.325. The zero-order valence-electron chi connectivity index (χ0n) is 12.3. The average molecular weight is 258 g/mol. The van der Waals surface area contributed by atoms with Gasteiger partial charge in [-0.1, -0.05) is 19.9 Å². The predicted octanol–water partition coefficient (Wildman–Crippen LogP) is 4.06. The molecule has 2 heteroatoms. The van der Waals surface area contributed by atoms with Crippen LogP contribution in [-0.4, -0.2) is 19.6 Å². The van der Waals surface area contributed by atoms with Gasteiger partial charge in [-0.2, -0.15) is 0 Å². The van der Waals surface area contributed by atoms with Crippen LogP contribution in [0.5, 0.6) is 0 Å². The lowest BCUT2D eigenvalue weighted by Crippen LogP contribution is -2.25. The Balaban J connectivity index is 1.78. The Bertz CT molecular complexity index is 451. The third-order valence-electron chi connectivity index (χ3n) is 4.74. The van der Waals surface area contributed by atoms with Crippen molar-refractivity contribution >= 4 is 11.4 Å². The van der Waals surface area contributed by atoms with Gasteiger partial charge in [-0.15, -0.1) is 0 Å². The number of rotatable bonds is 1. The van der Waals surface area contributed by atoms with E-state index in [9.17, 15) is 0 Å². The minimum absolute atomic E-state index is 0.515. The van der Waals surface area contributed by atoms with Crippen LogP contribution in [0.15, 0.2) is 18.2 Å². The molecule has 0 radical (unpaired) electrons. The van der Waals surface area contributed by atoms with Gasteiger partial charge in [0.1, 0.15) is 0 Å². The summed E-state index contributed by atoms with van der Waals surface area (Å²) in [7, 11) is 0. The molecule has 0 bridgehead atoms. The third kappa shape index (κ3) is 2.88. The molecule has 1 aromatic rings. The molecule has 1 N–H and O–H groups in total. The van der Waals surface area contributed by atoms with Gasteiger partial charge in [0.25, 0.3) is 0 Å². The third-order valence-corrected chi connectivity index (χ3v) is 4.74. The number of fused-ring (bicyclic) bond motifs is 1. The summed E-state index contributed by atoms with van der Waals surface area (Å²) in [4.78, 5) is 2.57. The minimum atomic E-state index is 0.515. The maximum Gasteiger partial charge on any atom is 0.0393 e. The minimum Gasteiger partial charge on any atom is -0.385 e. The fourth-order valence-corrected chi connectivity index (χ4v) is 3.33. The zero-order chi connectivity index (χ0) is 13.3. The van der Waals surface area contributed by atoms with Crippen molar-refractivity contribution in [1.29, 1.82) is 0 Å². The first kappa shape index (κ1) is 12.8. The van der Waals surface area contributed by atoms with E-state index >= 15 is 0 Å². The molecule has 0 saturated carbocycles. The molecule has 0 atom stereocenters. The van der Waals surface area contributed by atoms with Crippen LogP contribution in [-0.2, 0) is 6.42 Å². The molecule has 1 saturated heterocycles. The SMILES string of the molecule is CC1(C)CCCN(c2ccc3c(c2)NCCC3)CC1. The van der Waals surface area contributed by atoms with Gasteiger partial charge in [-0.3, -0.25) is 0 Å². The Hall–Kier alpha value is -1.18. The summed E-state index contributed by atoms with van der Waals surface area (Å²) in [5, 5.41) is 3.55. The van der Waals surface area contributed by atoms with Crippen LogP contribution in [0.4, 0.5) is 11.4 Å². The van der Waals surface area contributed by atoms with Gasteiger partial charge < -0.3 is 10.2 Å². The largest absolute Gasteiger partial charge is 0.385 e. The van der Waals surface area contributed by atoms with Gasteiger partial charge in [0.15, 0.2) is 0 Å². The number of nitrogens with one attached hydrogen (secondary N) is 1. The first-order valence-electron chi connectivity index (χ1n) is 7.76. The van der Waals surface area contributed by atoms with Crippen molar-refractivity contribution in [3.8, 4) is 0 Å². The first-order valence-corrected chi connectivity index (χ1v) is 7.76. The molecule has 2 nitrogen and oxygen atoms in total. The highest BCUT2D eigenvalue weighted by atomic mass is 15.1. The van der Waals surface area contributed by atoms with E-state index in [0.717, 1.165) is 6.54 Å². The second kappa shape index (κ2) is 5.07. The zero-order valence-corrected chi connectivity index (χ0v) is 12.3. The second-order valence-electron chi connectivity index (χ2n) is 6.88. The standard InChI is InChI=1S/C17H26N2/c1-17(2)8-4-11-19(12-9-17)15-7-6-14-5-3-10-18-16(14)13-15/h6-7,13,18H,3-5,8-12H2,1-2H3. The van der Waals surface area contributed by atoms with E-state index in [1.165, 1.54) is 62.1 Å². The van der Waals surface area contributed by atoms with Crippen molar-refractivity contribution in [1.82, 2.24) is 0 Å². The van der Waals surface area contributed by atoms with E-state index in [-0.39, 0.29) is 0 Å². The monoisotopic (exact) mass is 258 g/mol. The summed E-state index contributed by atoms with van der Waals surface area (Å²) in [6, 6.07) is 7.02. The quantitative estimate of drug-likeness (QED) is 0.817. The summed E-state index contributed by atoms with van der Waals surface area (Å²) in [5.74, 6) is 0. The van der Waals surface area contributed by atoms with E-state index in [2.05, 4.69) is 42.3 Å². The van der Waals surface area contributed by atoms with Gasteiger partial charge in [0.05, 0.1) is 0 Å². The van der Waals surface area contributed by atoms with Crippen LogP contribution in [0, 0.1) is 5.41 Å². The average Bonchev–Trinajstić information content (AvgIpc) is 2.59. The number of hydrogen-bond donors (Lipinski definition) is 1. The topological polar surface area (TPSA) is 15.3 Å². The summed E-state index contributed by atoms with van der Waals surface area (Å²) < 4.78 is 0. The number of aryl methyl sites for hydroxylation is 1. The van der Waals surface area contributed by atoms with Crippen molar-refractivity contribution in [3.05, 3.63) is 23.8 Å². The Morgan fingerprint density at radius 2 is 2.00 bits per heavy atom. The lowest BCUT2D eigenvalue weighted by atomic mass is 9.85. The molecular weight excluding hydrogens is 232 g/mol. The highest BCUT2D eigenvalue weighted by Crippen LogP contribution is 2.33. The molecule has 2 aliphatic heterocycles. The van der Waals surface area contributed by atoms with E-state index < -0.39 is 0 Å². The van der Waals surface area contributed by atoms with E-state index in [1.54, 1.807) is 0 Å². The van der Waals surface area contributed by atoms with Gasteiger partial charge in [0, 0.05) is 31.0 Å². The highest BCUT2D eigenvalue weighted by Gasteiger charge is 2.23. The lowest BCUT2D eigenvalue weighted by Gasteiger charge is -2.27. The molecule has 0 amide bonds. The second-order valence-corrected chi connectivity index (χ2v) is 6.88. The summed E-state index contributed by atoms with van der Waals surface area (Å²) in [6.07, 6.45) is 6.47. The Labute approximate surface area is 117 Å². The van der Waals surface area contributed by atoms with Gasteiger partial charge in [-0.05, 0) is 55.2 Å². The van der Waals surface area contributed by atoms with Gasteiger partial charge in [-0.25, -0.2) is 0 Å². The van der Waals surface area contributed by atoms with Crippen molar-refractivity contribution in [3.63, 3.8) is 0 Å². The van der Waals surface area contributed by atoms with Crippen LogP contribution < -0.4 is 10.2 Å². The van der Waals surface area contributed by atoms with Crippen LogP contribution >= 0.6 is 0 Å². The maximum absolute atomic E-state index is 3.55. The molecule has 0 aromatic heterocycles. The van der Waals surface area contributed by atoms with Crippen LogP contribution in [0.25, 0.3) is 0 Å². The molecule has 1 fully saturated rings. The molecule has 3 rings (SSSR count). The van der Waals surface area contributed by atoms with E-state index in [0.29, 0.717) is 5.41 Å². The van der Waals surface area contributed by atoms with Crippen molar-refractivity contribution in [2.24, 2.45) is 5.41 Å². The number of nitrogens with zero attached hydrogens (tertiary/aromatic N) is 1. The smallest absolute Gasteiger partial charge is 0.0393 e. The Morgan fingerprint density at radius 1 is 1.11 bits per heavy atom. The highest BCUT2D eigenvalue weighted by molar-refractivity contribution is 5.63. The van der Waals surface area contributed by atoms with Gasteiger partial charge in [0.2, 0.25) is 0 Å². The van der Waals surface area contributed by atoms with Crippen LogP contribution in [0.1, 0.15) is 45.1 Å². The first-order chi connectivity index (χ1) is 9.14. The molecule has 19 heavy (non-hydrogen) atoms. The fraction of sp³-hybridized carbons (Fsp3) is 0.647. The molecular formula is C17H26N2. The Morgan fingerprint density at radius 3 is 2.89 bits per heavy atom. The fourth-order valence-electron chi connectivity index (χ4n) is 3.33. The molecule has 104 valence electrons.